The molecule has 0 atom stereocenters. The number of imidazole rings is 1. The van der Waals surface area contributed by atoms with Gasteiger partial charge in [0.2, 0.25) is 0 Å². The minimum Gasteiger partial charge on any atom is -0.478 e. The van der Waals surface area contributed by atoms with Crippen LogP contribution in [0, 0.1) is 5.92 Å². The molecule has 1 aliphatic heterocycles. The molecule has 3 heterocycles. The first-order valence-corrected chi connectivity index (χ1v) is 17.5. The van der Waals surface area contributed by atoms with Gasteiger partial charge in [-0.3, -0.25) is 14.3 Å². The SMILES string of the molecule is CCCCOc1nc(N)c2[nH]c(=O)n(Cc3ccc(CN4CCC(CCNC(=O)c5cccc(N)c5)CC4)cc3)c2n1.Nc1cccc(C(=O)O)c1. The van der Waals surface area contributed by atoms with Crippen LogP contribution in [-0.2, 0) is 13.1 Å². The molecule has 52 heavy (non-hydrogen) atoms. The second kappa shape index (κ2) is 17.9. The zero-order valence-corrected chi connectivity index (χ0v) is 29.4. The van der Waals surface area contributed by atoms with Crippen LogP contribution < -0.4 is 32.9 Å². The molecule has 0 spiro atoms. The largest absolute Gasteiger partial charge is 0.478 e. The van der Waals surface area contributed by atoms with E-state index in [1.807, 2.05) is 0 Å². The number of ether oxygens (including phenoxy) is 1. The molecule has 274 valence electrons. The number of aromatic nitrogens is 4. The van der Waals surface area contributed by atoms with Crippen LogP contribution in [0.4, 0.5) is 17.2 Å². The molecule has 0 saturated carbocycles. The summed E-state index contributed by atoms with van der Waals surface area (Å²) in [6.45, 7) is 6.56. The Bertz CT molecular complexity index is 2020. The molecule has 1 saturated heterocycles. The Morgan fingerprint density at radius 2 is 1.56 bits per heavy atom. The van der Waals surface area contributed by atoms with Crippen LogP contribution in [-0.4, -0.2) is 67.6 Å². The third-order valence-electron chi connectivity index (χ3n) is 8.96. The summed E-state index contributed by atoms with van der Waals surface area (Å²) in [6, 6.07) is 21.8. The Kier molecular flexibility index (Phi) is 12.8. The standard InChI is InChI=1S/C31H40N8O3.C7H7NO2/c1-2-3-17-42-30-36-27(33)26-28(37-30)39(31(41)35-26)20-23-9-7-22(8-10-23)19-38-15-12-21(13-16-38)11-14-34-29(40)24-5-4-6-25(32)18-24;8-6-3-1-2-5(4-6)7(9)10/h4-10,18,21H,2-3,11-17,19-20,32H2,1H3,(H,34,40)(H,35,41)(H2,33,36,37);1-4H,8H2,(H,9,10). The lowest BCUT2D eigenvalue weighted by Crippen LogP contribution is -2.34. The van der Waals surface area contributed by atoms with Crippen molar-refractivity contribution in [2.24, 2.45) is 5.92 Å². The summed E-state index contributed by atoms with van der Waals surface area (Å²) < 4.78 is 7.20. The van der Waals surface area contributed by atoms with Gasteiger partial charge in [-0.1, -0.05) is 49.7 Å². The topological polar surface area (TPSA) is 220 Å². The lowest BCUT2D eigenvalue weighted by molar-refractivity contribution is 0.0696. The molecule has 1 fully saturated rings. The number of anilines is 3. The monoisotopic (exact) mass is 709 g/mol. The summed E-state index contributed by atoms with van der Waals surface area (Å²) in [5.41, 5.74) is 21.9. The highest BCUT2D eigenvalue weighted by molar-refractivity contribution is 5.95. The van der Waals surface area contributed by atoms with Gasteiger partial charge in [-0.25, -0.2) is 9.59 Å². The number of amides is 1. The van der Waals surface area contributed by atoms with Crippen LogP contribution >= 0.6 is 0 Å². The number of carbonyl (C=O) groups is 2. The van der Waals surface area contributed by atoms with Gasteiger partial charge in [-0.2, -0.15) is 9.97 Å². The van der Waals surface area contributed by atoms with Crippen molar-refractivity contribution in [3.8, 4) is 6.01 Å². The number of unbranched alkanes of at least 4 members (excludes halogenated alkanes) is 1. The van der Waals surface area contributed by atoms with Crippen molar-refractivity contribution >= 4 is 40.2 Å². The summed E-state index contributed by atoms with van der Waals surface area (Å²) in [5, 5.41) is 11.5. The Morgan fingerprint density at radius 1 is 0.923 bits per heavy atom. The number of fused-ring (bicyclic) bond motifs is 1. The molecule has 0 aliphatic carbocycles. The maximum absolute atomic E-state index is 12.7. The molecule has 5 aromatic rings. The zero-order chi connectivity index (χ0) is 37.0. The minimum atomic E-state index is -0.952. The van der Waals surface area contributed by atoms with Crippen molar-refractivity contribution in [1.82, 2.24) is 29.7 Å². The van der Waals surface area contributed by atoms with E-state index in [0.717, 1.165) is 57.3 Å². The summed E-state index contributed by atoms with van der Waals surface area (Å²) >= 11 is 0. The Morgan fingerprint density at radius 3 is 2.17 bits per heavy atom. The molecular weight excluding hydrogens is 662 g/mol. The quantitative estimate of drug-likeness (QED) is 0.0738. The zero-order valence-electron chi connectivity index (χ0n) is 29.4. The van der Waals surface area contributed by atoms with Crippen LogP contribution in [0.1, 0.15) is 70.9 Å². The van der Waals surface area contributed by atoms with E-state index in [9.17, 15) is 14.4 Å². The molecule has 1 amide bonds. The molecule has 0 radical (unpaired) electrons. The first-order chi connectivity index (χ1) is 25.1. The number of hydrogen-bond donors (Lipinski definition) is 6. The van der Waals surface area contributed by atoms with Crippen LogP contribution in [0.5, 0.6) is 6.01 Å². The number of carbonyl (C=O) groups excluding carboxylic acids is 1. The average molecular weight is 710 g/mol. The number of nitrogens with zero attached hydrogens (tertiary/aromatic N) is 4. The fourth-order valence-corrected chi connectivity index (χ4v) is 6.02. The number of rotatable bonds is 13. The molecule has 6 rings (SSSR count). The molecule has 3 aromatic carbocycles. The molecule has 14 heteroatoms. The highest BCUT2D eigenvalue weighted by Gasteiger charge is 2.20. The number of H-pyrrole nitrogens is 1. The van der Waals surface area contributed by atoms with Crippen molar-refractivity contribution in [1.29, 1.82) is 0 Å². The Balaban J connectivity index is 0.000000452. The van der Waals surface area contributed by atoms with E-state index in [0.29, 0.717) is 53.7 Å². The lowest BCUT2D eigenvalue weighted by Gasteiger charge is -2.32. The summed E-state index contributed by atoms with van der Waals surface area (Å²) in [6.07, 6.45) is 5.09. The number of benzene rings is 3. The predicted molar refractivity (Wildman–Crippen MR) is 202 cm³/mol. The summed E-state index contributed by atoms with van der Waals surface area (Å²) in [5.74, 6) is -0.220. The van der Waals surface area contributed by atoms with Crippen LogP contribution in [0.2, 0.25) is 0 Å². The van der Waals surface area contributed by atoms with E-state index in [1.54, 1.807) is 41.0 Å². The van der Waals surface area contributed by atoms with Crippen molar-refractivity contribution in [3.05, 3.63) is 106 Å². The maximum Gasteiger partial charge on any atom is 0.335 e. The number of nitrogen functional groups attached to an aromatic ring is 3. The van der Waals surface area contributed by atoms with E-state index in [4.69, 9.17) is 27.0 Å². The summed E-state index contributed by atoms with van der Waals surface area (Å²) in [7, 11) is 0. The first-order valence-electron chi connectivity index (χ1n) is 17.5. The van der Waals surface area contributed by atoms with Gasteiger partial charge in [0.25, 0.3) is 5.91 Å². The number of likely N-dealkylation sites (tertiary alicyclic amines) is 1. The van der Waals surface area contributed by atoms with E-state index >= 15 is 0 Å². The third-order valence-corrected chi connectivity index (χ3v) is 8.96. The van der Waals surface area contributed by atoms with Gasteiger partial charge in [0.05, 0.1) is 18.7 Å². The maximum atomic E-state index is 12.7. The molecule has 0 unspecified atom stereocenters. The molecule has 14 nitrogen and oxygen atoms in total. The van der Waals surface area contributed by atoms with Gasteiger partial charge >= 0.3 is 17.7 Å². The number of aromatic carboxylic acids is 1. The van der Waals surface area contributed by atoms with Crippen LogP contribution in [0.15, 0.2) is 77.6 Å². The van der Waals surface area contributed by atoms with Gasteiger partial charge in [0.15, 0.2) is 11.5 Å². The van der Waals surface area contributed by atoms with Crippen LogP contribution in [0.25, 0.3) is 11.2 Å². The third kappa shape index (κ3) is 10.3. The molecule has 1 aliphatic rings. The van der Waals surface area contributed by atoms with E-state index < -0.39 is 5.97 Å². The second-order valence-electron chi connectivity index (χ2n) is 12.9. The second-order valence-corrected chi connectivity index (χ2v) is 12.9. The van der Waals surface area contributed by atoms with E-state index in [2.05, 4.69) is 56.4 Å². The molecule has 2 aromatic heterocycles. The molecular formula is C38H47N9O5. The average Bonchev–Trinajstić information content (AvgIpc) is 3.45. The van der Waals surface area contributed by atoms with Gasteiger partial charge in [-0.05, 0) is 92.2 Å². The predicted octanol–water partition coefficient (Wildman–Crippen LogP) is 4.51. The number of nitrogens with two attached hydrogens (primary N) is 3. The highest BCUT2D eigenvalue weighted by atomic mass is 16.5. The lowest BCUT2D eigenvalue weighted by atomic mass is 9.93. The number of hydrogen-bond acceptors (Lipinski definition) is 10. The number of aromatic amines is 1. The number of carboxylic acid groups (broad SMARTS) is 1. The molecule has 9 N–H and O–H groups in total. The highest BCUT2D eigenvalue weighted by Crippen LogP contribution is 2.23. The van der Waals surface area contributed by atoms with E-state index in [1.165, 1.54) is 17.7 Å². The van der Waals surface area contributed by atoms with Gasteiger partial charge < -0.3 is 37.3 Å². The van der Waals surface area contributed by atoms with Crippen molar-refractivity contribution in [2.75, 3.05) is 43.4 Å². The Hall–Kier alpha value is -5.89. The number of nitrogens with one attached hydrogen (secondary N) is 2. The smallest absolute Gasteiger partial charge is 0.335 e. The van der Waals surface area contributed by atoms with Crippen molar-refractivity contribution < 1.29 is 19.4 Å². The van der Waals surface area contributed by atoms with Gasteiger partial charge in [0, 0.05) is 30.0 Å². The van der Waals surface area contributed by atoms with Gasteiger partial charge in [0.1, 0.15) is 5.52 Å². The Labute approximate surface area is 302 Å². The fourth-order valence-electron chi connectivity index (χ4n) is 6.02. The minimum absolute atomic E-state index is 0.0728. The number of piperidine rings is 1. The fraction of sp³-hybridized carbons (Fsp3) is 0.342. The van der Waals surface area contributed by atoms with Gasteiger partial charge in [-0.15, -0.1) is 0 Å². The van der Waals surface area contributed by atoms with E-state index in [-0.39, 0.29) is 29.0 Å². The first kappa shape index (κ1) is 37.4. The van der Waals surface area contributed by atoms with Crippen molar-refractivity contribution in [3.63, 3.8) is 0 Å². The normalized spacial score (nSPS) is 13.3. The molecule has 0 bridgehead atoms. The van der Waals surface area contributed by atoms with Crippen LogP contribution in [0.3, 0.4) is 0 Å². The van der Waals surface area contributed by atoms with Crippen molar-refractivity contribution in [2.45, 2.75) is 52.1 Å². The summed E-state index contributed by atoms with van der Waals surface area (Å²) in [4.78, 5) is 49.2. The number of carboxylic acids is 1.